The summed E-state index contributed by atoms with van der Waals surface area (Å²) in [4.78, 5) is 34.3. The molecule has 9 heteroatoms. The largest absolute Gasteiger partial charge is 0.497 e. The average molecular weight is 370 g/mol. The SMILES string of the molecule is COc1ccc(C(=O)NC(C)C(=O)NN=Cc2cccc([N+](=O)[O-])c2)cc1. The Hall–Kier alpha value is -3.75. The summed E-state index contributed by atoms with van der Waals surface area (Å²) >= 11 is 0. The number of carbonyl (C=O) groups excluding carboxylic acids is 2. The van der Waals surface area contributed by atoms with Crippen LogP contribution in [0.4, 0.5) is 5.69 Å². The summed E-state index contributed by atoms with van der Waals surface area (Å²) in [7, 11) is 1.52. The summed E-state index contributed by atoms with van der Waals surface area (Å²) in [6.45, 7) is 1.51. The lowest BCUT2D eigenvalue weighted by Gasteiger charge is -2.12. The molecule has 0 bridgehead atoms. The van der Waals surface area contributed by atoms with Crippen LogP contribution < -0.4 is 15.5 Å². The highest BCUT2D eigenvalue weighted by atomic mass is 16.6. The Labute approximate surface area is 155 Å². The molecule has 9 nitrogen and oxygen atoms in total. The first-order valence-electron chi connectivity index (χ1n) is 7.93. The Bertz CT molecular complexity index is 864. The van der Waals surface area contributed by atoms with Gasteiger partial charge in [-0.1, -0.05) is 12.1 Å². The molecule has 0 saturated carbocycles. The van der Waals surface area contributed by atoms with Crippen LogP contribution in [-0.2, 0) is 4.79 Å². The summed E-state index contributed by atoms with van der Waals surface area (Å²) in [5, 5.41) is 17.0. The van der Waals surface area contributed by atoms with Crippen LogP contribution in [0, 0.1) is 10.1 Å². The van der Waals surface area contributed by atoms with E-state index in [0.717, 1.165) is 0 Å². The normalized spacial score (nSPS) is 11.6. The van der Waals surface area contributed by atoms with E-state index < -0.39 is 22.8 Å². The van der Waals surface area contributed by atoms with Gasteiger partial charge < -0.3 is 10.1 Å². The minimum atomic E-state index is -0.832. The van der Waals surface area contributed by atoms with E-state index in [1.807, 2.05) is 0 Å². The molecule has 2 N–H and O–H groups in total. The van der Waals surface area contributed by atoms with E-state index in [1.54, 1.807) is 30.3 Å². The third kappa shape index (κ3) is 5.63. The summed E-state index contributed by atoms with van der Waals surface area (Å²) in [5.41, 5.74) is 3.04. The second-order valence-corrected chi connectivity index (χ2v) is 5.51. The highest BCUT2D eigenvalue weighted by molar-refractivity contribution is 5.97. The maximum atomic E-state index is 12.1. The van der Waals surface area contributed by atoms with Gasteiger partial charge in [-0.2, -0.15) is 5.10 Å². The molecule has 0 spiro atoms. The third-order valence-corrected chi connectivity index (χ3v) is 3.56. The lowest BCUT2D eigenvalue weighted by atomic mass is 10.2. The van der Waals surface area contributed by atoms with Gasteiger partial charge in [0, 0.05) is 23.3 Å². The number of hydrogen-bond donors (Lipinski definition) is 2. The molecule has 2 aromatic carbocycles. The van der Waals surface area contributed by atoms with Crippen molar-refractivity contribution in [3.05, 3.63) is 69.8 Å². The molecular formula is C18H18N4O5. The Morgan fingerprint density at radius 3 is 2.56 bits per heavy atom. The van der Waals surface area contributed by atoms with Gasteiger partial charge in [0.2, 0.25) is 0 Å². The van der Waals surface area contributed by atoms with Gasteiger partial charge in [-0.3, -0.25) is 19.7 Å². The maximum Gasteiger partial charge on any atom is 0.270 e. The molecule has 0 fully saturated rings. The summed E-state index contributed by atoms with van der Waals surface area (Å²) in [5.74, 6) is -0.325. The van der Waals surface area contributed by atoms with Crippen molar-refractivity contribution in [3.8, 4) is 5.75 Å². The van der Waals surface area contributed by atoms with E-state index in [2.05, 4.69) is 15.8 Å². The molecule has 0 aliphatic rings. The van der Waals surface area contributed by atoms with Crippen molar-refractivity contribution in [3.63, 3.8) is 0 Å². The standard InChI is InChI=1S/C18H18N4O5/c1-12(20-18(24)14-6-8-16(27-2)9-7-14)17(23)21-19-11-13-4-3-5-15(10-13)22(25)26/h3-12H,1-2H3,(H,20,24)(H,21,23). The summed E-state index contributed by atoms with van der Waals surface area (Å²) < 4.78 is 5.02. The molecule has 2 aromatic rings. The van der Waals surface area contributed by atoms with E-state index >= 15 is 0 Å². The fourth-order valence-electron chi connectivity index (χ4n) is 2.07. The van der Waals surface area contributed by atoms with Crippen molar-refractivity contribution in [2.45, 2.75) is 13.0 Å². The van der Waals surface area contributed by atoms with Crippen LogP contribution in [0.2, 0.25) is 0 Å². The van der Waals surface area contributed by atoms with Crippen LogP contribution in [0.3, 0.4) is 0 Å². The average Bonchev–Trinajstić information content (AvgIpc) is 2.68. The Balaban J connectivity index is 1.90. The van der Waals surface area contributed by atoms with Crippen molar-refractivity contribution < 1.29 is 19.2 Å². The molecule has 0 radical (unpaired) electrons. The Kier molecular flexibility index (Phi) is 6.59. The van der Waals surface area contributed by atoms with Crippen LogP contribution in [0.25, 0.3) is 0 Å². The predicted octanol–water partition coefficient (Wildman–Crippen LogP) is 1.87. The second-order valence-electron chi connectivity index (χ2n) is 5.51. The third-order valence-electron chi connectivity index (χ3n) is 3.56. The number of nitro benzene ring substituents is 1. The number of carbonyl (C=O) groups is 2. The molecule has 1 atom stereocenters. The zero-order chi connectivity index (χ0) is 19.8. The van der Waals surface area contributed by atoms with Crippen molar-refractivity contribution in [1.82, 2.24) is 10.7 Å². The van der Waals surface area contributed by atoms with E-state index in [9.17, 15) is 19.7 Å². The number of nitrogens with one attached hydrogen (secondary N) is 2. The summed E-state index contributed by atoms with van der Waals surface area (Å²) in [6.07, 6.45) is 1.28. The number of hydrogen-bond acceptors (Lipinski definition) is 6. The smallest absolute Gasteiger partial charge is 0.270 e. The van der Waals surface area contributed by atoms with Crippen molar-refractivity contribution in [2.24, 2.45) is 5.10 Å². The molecule has 1 unspecified atom stereocenters. The van der Waals surface area contributed by atoms with E-state index in [0.29, 0.717) is 16.9 Å². The fraction of sp³-hybridized carbons (Fsp3) is 0.167. The van der Waals surface area contributed by atoms with Gasteiger partial charge in [0.25, 0.3) is 17.5 Å². The van der Waals surface area contributed by atoms with Crippen LogP contribution in [0.5, 0.6) is 5.75 Å². The highest BCUT2D eigenvalue weighted by Gasteiger charge is 2.16. The van der Waals surface area contributed by atoms with E-state index in [4.69, 9.17) is 4.74 Å². The van der Waals surface area contributed by atoms with E-state index in [-0.39, 0.29) is 5.69 Å². The number of non-ortho nitro benzene ring substituents is 1. The molecule has 0 aliphatic heterocycles. The topological polar surface area (TPSA) is 123 Å². The number of nitrogens with zero attached hydrogens (tertiary/aromatic N) is 2. The number of hydrazone groups is 1. The maximum absolute atomic E-state index is 12.1. The molecular weight excluding hydrogens is 352 g/mol. The lowest BCUT2D eigenvalue weighted by Crippen LogP contribution is -2.43. The molecule has 0 heterocycles. The van der Waals surface area contributed by atoms with Gasteiger partial charge in [0.1, 0.15) is 11.8 Å². The minimum absolute atomic E-state index is 0.0783. The van der Waals surface area contributed by atoms with Gasteiger partial charge >= 0.3 is 0 Å². The minimum Gasteiger partial charge on any atom is -0.497 e. The Morgan fingerprint density at radius 2 is 1.93 bits per heavy atom. The predicted molar refractivity (Wildman–Crippen MR) is 98.8 cm³/mol. The molecule has 0 saturated heterocycles. The Morgan fingerprint density at radius 1 is 1.22 bits per heavy atom. The number of rotatable bonds is 7. The second kappa shape index (κ2) is 9.09. The summed E-state index contributed by atoms with van der Waals surface area (Å²) in [6, 6.07) is 11.4. The number of ether oxygens (including phenoxy) is 1. The number of benzene rings is 2. The lowest BCUT2D eigenvalue weighted by molar-refractivity contribution is -0.384. The van der Waals surface area contributed by atoms with Crippen LogP contribution >= 0.6 is 0 Å². The molecule has 140 valence electrons. The molecule has 0 aliphatic carbocycles. The monoisotopic (exact) mass is 370 g/mol. The highest BCUT2D eigenvalue weighted by Crippen LogP contribution is 2.12. The van der Waals surface area contributed by atoms with Crippen LogP contribution in [0.1, 0.15) is 22.8 Å². The van der Waals surface area contributed by atoms with Gasteiger partial charge in [-0.05, 0) is 31.2 Å². The van der Waals surface area contributed by atoms with Crippen molar-refractivity contribution >= 4 is 23.7 Å². The van der Waals surface area contributed by atoms with Gasteiger partial charge in [-0.15, -0.1) is 0 Å². The van der Waals surface area contributed by atoms with Crippen molar-refractivity contribution in [2.75, 3.05) is 7.11 Å². The fourth-order valence-corrected chi connectivity index (χ4v) is 2.07. The zero-order valence-corrected chi connectivity index (χ0v) is 14.7. The quantitative estimate of drug-likeness (QED) is 0.437. The molecule has 2 amide bonds. The van der Waals surface area contributed by atoms with Crippen molar-refractivity contribution in [1.29, 1.82) is 0 Å². The van der Waals surface area contributed by atoms with Crippen LogP contribution in [-0.4, -0.2) is 36.1 Å². The first-order valence-corrected chi connectivity index (χ1v) is 7.93. The number of methoxy groups -OCH3 is 1. The van der Waals surface area contributed by atoms with Gasteiger partial charge in [0.15, 0.2) is 0 Å². The van der Waals surface area contributed by atoms with Crippen LogP contribution in [0.15, 0.2) is 53.6 Å². The number of amides is 2. The van der Waals surface area contributed by atoms with E-state index in [1.165, 1.54) is 38.4 Å². The van der Waals surface area contributed by atoms with Gasteiger partial charge in [0.05, 0.1) is 18.2 Å². The first-order chi connectivity index (χ1) is 12.9. The zero-order valence-electron chi connectivity index (χ0n) is 14.7. The molecule has 0 aromatic heterocycles. The molecule has 27 heavy (non-hydrogen) atoms. The van der Waals surface area contributed by atoms with Gasteiger partial charge in [-0.25, -0.2) is 5.43 Å². The molecule has 2 rings (SSSR count). The number of nitro groups is 1. The first kappa shape index (κ1) is 19.6.